The van der Waals surface area contributed by atoms with Crippen molar-refractivity contribution in [3.63, 3.8) is 0 Å². The average Bonchev–Trinajstić information content (AvgIpc) is 3.55. The van der Waals surface area contributed by atoms with Gasteiger partial charge in [0.15, 0.2) is 12.9 Å². The summed E-state index contributed by atoms with van der Waals surface area (Å²) in [6.07, 6.45) is -4.02. The van der Waals surface area contributed by atoms with Crippen molar-refractivity contribution in [2.45, 2.75) is 135 Å². The van der Waals surface area contributed by atoms with Gasteiger partial charge < -0.3 is 48.6 Å². The highest BCUT2D eigenvalue weighted by Crippen LogP contribution is 2.46. The van der Waals surface area contributed by atoms with E-state index in [1.54, 1.807) is 20.8 Å². The first-order valence-corrected chi connectivity index (χ1v) is 21.7. The van der Waals surface area contributed by atoms with Crippen LogP contribution >= 0.6 is 0 Å². The van der Waals surface area contributed by atoms with E-state index < -0.39 is 96.0 Å². The Morgan fingerprint density at radius 2 is 1.72 bits per heavy atom. The first-order valence-electron chi connectivity index (χ1n) is 21.7. The predicted octanol–water partition coefficient (Wildman–Crippen LogP) is 5.30. The predicted molar refractivity (Wildman–Crippen MR) is 226 cm³/mol. The SMILES string of the molecule is CC[C@H]1OC(=O)[C@H](C)[C@H]2OC/C(=N/OCC(=O)Nc3ccc4ccccc4c3)CO[C@](C)(C[C@@H](C)C(=O)[C@H](C)[C@@H]3CC(=O)O[C@]13C)[C@H](O[C@@H]1O[C@H](C)C[C@H](N(C)C)[C@H]1O)[C@H]2C. The summed E-state index contributed by atoms with van der Waals surface area (Å²) >= 11 is 0. The zero-order valence-corrected chi connectivity index (χ0v) is 37.3. The van der Waals surface area contributed by atoms with Gasteiger partial charge in [-0.15, -0.1) is 0 Å². The van der Waals surface area contributed by atoms with Crippen molar-refractivity contribution in [1.82, 2.24) is 4.90 Å². The summed E-state index contributed by atoms with van der Waals surface area (Å²) in [5.41, 5.74) is -1.64. The Labute approximate surface area is 359 Å². The number of nitrogens with zero attached hydrogens (tertiary/aromatic N) is 2. The van der Waals surface area contributed by atoms with Crippen molar-refractivity contribution in [3.05, 3.63) is 42.5 Å². The number of aliphatic hydroxyl groups is 1. The van der Waals surface area contributed by atoms with Gasteiger partial charge in [-0.1, -0.05) is 63.2 Å². The quantitative estimate of drug-likeness (QED) is 0.259. The number of likely N-dealkylation sites (N-methyl/N-ethyl adjacent to an activating group) is 1. The molecule has 0 aliphatic carbocycles. The Morgan fingerprint density at radius 1 is 1.00 bits per heavy atom. The van der Waals surface area contributed by atoms with Gasteiger partial charge in [-0.25, -0.2) is 0 Å². The Hall–Kier alpha value is -3.99. The van der Waals surface area contributed by atoms with Crippen LogP contribution in [-0.2, 0) is 52.4 Å². The second-order valence-electron chi connectivity index (χ2n) is 18.3. The van der Waals surface area contributed by atoms with E-state index in [1.807, 2.05) is 96.1 Å². The second kappa shape index (κ2) is 19.2. The first-order chi connectivity index (χ1) is 28.8. The molecule has 61 heavy (non-hydrogen) atoms. The lowest BCUT2D eigenvalue weighted by Gasteiger charge is -2.48. The van der Waals surface area contributed by atoms with Gasteiger partial charge in [-0.3, -0.25) is 19.2 Å². The molecule has 14 atom stereocenters. The number of amides is 1. The Morgan fingerprint density at radius 3 is 2.43 bits per heavy atom. The highest BCUT2D eigenvalue weighted by atomic mass is 16.7. The maximum atomic E-state index is 14.6. The molecule has 15 heteroatoms. The summed E-state index contributed by atoms with van der Waals surface area (Å²) in [5.74, 6) is -4.96. The molecule has 4 heterocycles. The molecule has 4 saturated heterocycles. The standard InChI is InChI=1S/C46H65N3O12/c1-11-36-46(8)34(20-38(51)61-46)27(4)39(52)25(2)21-45(7)42(60-44-40(53)35(49(9)10)18-26(3)58-44)28(5)41(29(6)43(54)59-36)55-22-33(23-56-45)48-57-24-37(50)47-32-17-16-30-14-12-13-15-31(30)19-32/h12-17,19,25-29,34-36,40-42,44,53H,11,18,20-24H2,1-10H3,(H,47,50)/b48-33-/t25-,26-,27-,28+,29-,34+,35+,36-,40-,41+,42-,44+,45-,46+/m1/s1. The fraction of sp³-hybridized carbons (Fsp3) is 0.674. The van der Waals surface area contributed by atoms with Gasteiger partial charge in [0.1, 0.15) is 29.3 Å². The van der Waals surface area contributed by atoms with Crippen molar-refractivity contribution in [1.29, 1.82) is 0 Å². The van der Waals surface area contributed by atoms with Crippen LogP contribution in [0.5, 0.6) is 0 Å². The highest BCUT2D eigenvalue weighted by Gasteiger charge is 2.57. The summed E-state index contributed by atoms with van der Waals surface area (Å²) in [6.45, 7) is 13.9. The number of aliphatic hydroxyl groups excluding tert-OH is 1. The summed E-state index contributed by atoms with van der Waals surface area (Å²) < 4.78 is 38.8. The molecule has 0 saturated carbocycles. The number of anilines is 1. The number of ether oxygens (including phenoxy) is 6. The molecule has 1 amide bonds. The lowest BCUT2D eigenvalue weighted by atomic mass is 9.70. The molecule has 0 aromatic heterocycles. The van der Waals surface area contributed by atoms with Crippen LogP contribution in [0, 0.1) is 29.6 Å². The number of nitrogens with one attached hydrogen (secondary N) is 1. The number of rotatable bonds is 8. The molecule has 2 N–H and O–H groups in total. The van der Waals surface area contributed by atoms with Gasteiger partial charge in [0, 0.05) is 35.4 Å². The van der Waals surface area contributed by atoms with E-state index in [1.165, 1.54) is 0 Å². The largest absolute Gasteiger partial charge is 0.458 e. The van der Waals surface area contributed by atoms with Crippen molar-refractivity contribution in [2.75, 3.05) is 39.2 Å². The summed E-state index contributed by atoms with van der Waals surface area (Å²) in [7, 11) is 3.78. The molecule has 6 rings (SSSR count). The first kappa shape index (κ1) is 46.5. The zero-order chi connectivity index (χ0) is 44.4. The summed E-state index contributed by atoms with van der Waals surface area (Å²) in [5, 5.41) is 20.9. The van der Waals surface area contributed by atoms with E-state index in [4.69, 9.17) is 33.3 Å². The number of carbonyl (C=O) groups excluding carboxylic acids is 4. The number of hydrogen-bond acceptors (Lipinski definition) is 14. The molecule has 2 aromatic carbocycles. The molecule has 15 nitrogen and oxygen atoms in total. The number of Topliss-reactive ketones (excluding diaryl/α,β-unsaturated/α-hetero) is 1. The van der Waals surface area contributed by atoms with Crippen LogP contribution in [0.4, 0.5) is 5.69 Å². The molecule has 0 spiro atoms. The number of esters is 2. The second-order valence-corrected chi connectivity index (χ2v) is 18.3. The topological polar surface area (TPSA) is 181 Å². The number of oxime groups is 1. The minimum Gasteiger partial charge on any atom is -0.458 e. The van der Waals surface area contributed by atoms with Gasteiger partial charge in [0.2, 0.25) is 0 Å². The normalized spacial score (nSPS) is 38.5. The van der Waals surface area contributed by atoms with E-state index in [0.29, 0.717) is 18.5 Å². The third kappa shape index (κ3) is 10.1. The number of benzene rings is 2. The number of carbonyl (C=O) groups is 4. The van der Waals surface area contributed by atoms with Gasteiger partial charge in [-0.2, -0.15) is 0 Å². The lowest BCUT2D eigenvalue weighted by molar-refractivity contribution is -0.302. The molecule has 0 radical (unpaired) electrons. The van der Waals surface area contributed by atoms with Crippen molar-refractivity contribution in [2.24, 2.45) is 34.7 Å². The van der Waals surface area contributed by atoms with Crippen LogP contribution in [0.2, 0.25) is 0 Å². The average molecular weight is 852 g/mol. The molecule has 2 aromatic rings. The van der Waals surface area contributed by atoms with Gasteiger partial charge in [0.25, 0.3) is 5.91 Å². The van der Waals surface area contributed by atoms with Crippen molar-refractivity contribution in [3.8, 4) is 0 Å². The number of ketones is 1. The van der Waals surface area contributed by atoms with Gasteiger partial charge in [-0.05, 0) is 84.0 Å². The van der Waals surface area contributed by atoms with Gasteiger partial charge >= 0.3 is 11.9 Å². The van der Waals surface area contributed by atoms with Crippen LogP contribution in [0.3, 0.4) is 0 Å². The minimum atomic E-state index is -1.29. The minimum absolute atomic E-state index is 0.00421. The van der Waals surface area contributed by atoms with Crippen molar-refractivity contribution >= 4 is 45.8 Å². The molecule has 4 aliphatic rings. The monoisotopic (exact) mass is 851 g/mol. The summed E-state index contributed by atoms with van der Waals surface area (Å²) in [6, 6.07) is 13.2. The van der Waals surface area contributed by atoms with E-state index in [-0.39, 0.29) is 49.7 Å². The Kier molecular flexibility index (Phi) is 14.6. The zero-order valence-electron chi connectivity index (χ0n) is 37.3. The van der Waals surface area contributed by atoms with Crippen molar-refractivity contribution < 1.29 is 57.5 Å². The Balaban J connectivity index is 1.35. The van der Waals surface area contributed by atoms with E-state index >= 15 is 0 Å². The highest BCUT2D eigenvalue weighted by molar-refractivity contribution is 5.95. The van der Waals surface area contributed by atoms with Crippen LogP contribution in [0.1, 0.15) is 81.1 Å². The number of fused-ring (bicyclic) bond motifs is 5. The van der Waals surface area contributed by atoms with Crippen LogP contribution in [0.15, 0.2) is 47.6 Å². The third-order valence-electron chi connectivity index (χ3n) is 13.4. The van der Waals surface area contributed by atoms with Crippen LogP contribution in [-0.4, -0.2) is 127 Å². The van der Waals surface area contributed by atoms with E-state index in [2.05, 4.69) is 10.5 Å². The molecular formula is C46H65N3O12. The Bertz CT molecular complexity index is 1940. The van der Waals surface area contributed by atoms with E-state index in [0.717, 1.165) is 10.8 Å². The molecule has 4 aliphatic heterocycles. The summed E-state index contributed by atoms with van der Waals surface area (Å²) in [4.78, 5) is 62.4. The maximum absolute atomic E-state index is 14.6. The molecule has 0 unspecified atom stereocenters. The van der Waals surface area contributed by atoms with Crippen LogP contribution < -0.4 is 5.32 Å². The van der Waals surface area contributed by atoms with Crippen LogP contribution in [0.25, 0.3) is 10.8 Å². The maximum Gasteiger partial charge on any atom is 0.311 e. The molecule has 4 fully saturated rings. The number of hydrogen-bond donors (Lipinski definition) is 2. The smallest absolute Gasteiger partial charge is 0.311 e. The number of cyclic esters (lactones) is 1. The lowest BCUT2D eigenvalue weighted by Crippen LogP contribution is -2.60. The molecule has 2 bridgehead atoms. The fourth-order valence-corrected chi connectivity index (χ4v) is 10.1. The van der Waals surface area contributed by atoms with E-state index in [9.17, 15) is 24.3 Å². The van der Waals surface area contributed by atoms with Gasteiger partial charge in [0.05, 0.1) is 49.5 Å². The third-order valence-corrected chi connectivity index (χ3v) is 13.4. The molecule has 336 valence electrons. The molecular weight excluding hydrogens is 787 g/mol. The fourth-order valence-electron chi connectivity index (χ4n) is 10.1.